The summed E-state index contributed by atoms with van der Waals surface area (Å²) >= 11 is 0. The number of hydrogen-bond donors (Lipinski definition) is 2. The normalized spacial score (nSPS) is 13.0. The number of hydrogen-bond acceptors (Lipinski definition) is 2. The van der Waals surface area contributed by atoms with Gasteiger partial charge in [0.1, 0.15) is 0 Å². The molecule has 3 N–H and O–H groups in total. The number of aliphatic hydroxyl groups is 1. The minimum absolute atomic E-state index is 0.338. The average molecular weight is 243 g/mol. The van der Waals surface area contributed by atoms with E-state index in [-0.39, 0.29) is 0 Å². The Morgan fingerprint density at radius 2 is 1.56 bits per heavy atom. The van der Waals surface area contributed by atoms with E-state index in [0.29, 0.717) is 5.76 Å². The second-order valence-electron chi connectivity index (χ2n) is 4.71. The third-order valence-electron chi connectivity index (χ3n) is 2.63. The van der Waals surface area contributed by atoms with Gasteiger partial charge in [-0.05, 0) is 62.6 Å². The van der Waals surface area contributed by atoms with Gasteiger partial charge < -0.3 is 10.8 Å². The average Bonchev–Trinajstić information content (AvgIpc) is 2.28. The molecule has 96 valence electrons. The molecule has 1 aromatic rings. The molecule has 0 aliphatic heterocycles. The number of nitrogen functional groups attached to an aromatic ring is 1. The third-order valence-corrected chi connectivity index (χ3v) is 2.63. The van der Waals surface area contributed by atoms with E-state index < -0.39 is 0 Å². The number of nitrogens with two attached hydrogens (primary N) is 1. The monoisotopic (exact) mass is 243 g/mol. The lowest BCUT2D eigenvalue weighted by Crippen LogP contribution is -1.88. The van der Waals surface area contributed by atoms with Crippen LogP contribution >= 0.6 is 0 Å². The number of allylic oxidation sites excluding steroid dienone is 6. The maximum atomic E-state index is 9.49. The number of rotatable bonds is 3. The van der Waals surface area contributed by atoms with Crippen LogP contribution in [0.3, 0.4) is 0 Å². The van der Waals surface area contributed by atoms with Gasteiger partial charge in [0.2, 0.25) is 0 Å². The summed E-state index contributed by atoms with van der Waals surface area (Å²) < 4.78 is 0. The third kappa shape index (κ3) is 4.13. The fourth-order valence-electron chi connectivity index (χ4n) is 1.53. The van der Waals surface area contributed by atoms with Crippen LogP contribution in [0.4, 0.5) is 5.69 Å². The molecule has 1 aromatic carbocycles. The Bertz CT molecular complexity index is 496. The Morgan fingerprint density at radius 3 is 2.00 bits per heavy atom. The van der Waals surface area contributed by atoms with Crippen LogP contribution in [0.25, 0.3) is 5.57 Å². The van der Waals surface area contributed by atoms with Crippen LogP contribution in [-0.2, 0) is 0 Å². The topological polar surface area (TPSA) is 46.2 Å². The van der Waals surface area contributed by atoms with E-state index in [4.69, 9.17) is 5.73 Å². The number of benzene rings is 1. The van der Waals surface area contributed by atoms with Crippen molar-refractivity contribution in [3.8, 4) is 0 Å². The van der Waals surface area contributed by atoms with Crippen molar-refractivity contribution in [1.82, 2.24) is 0 Å². The van der Waals surface area contributed by atoms with Gasteiger partial charge >= 0.3 is 0 Å². The van der Waals surface area contributed by atoms with Gasteiger partial charge in [0.15, 0.2) is 0 Å². The van der Waals surface area contributed by atoms with Crippen LogP contribution in [0.2, 0.25) is 0 Å². The van der Waals surface area contributed by atoms with Crippen molar-refractivity contribution in [1.29, 1.82) is 0 Å². The summed E-state index contributed by atoms with van der Waals surface area (Å²) in [5, 5.41) is 9.49. The molecule has 1 rings (SSSR count). The van der Waals surface area contributed by atoms with E-state index in [1.807, 2.05) is 37.3 Å². The molecule has 18 heavy (non-hydrogen) atoms. The number of aliphatic hydroxyl groups excluding tert-OH is 1. The van der Waals surface area contributed by atoms with E-state index in [1.165, 1.54) is 5.57 Å². The molecule has 0 amide bonds. The summed E-state index contributed by atoms with van der Waals surface area (Å²) in [5.41, 5.74) is 10.7. The maximum Gasteiger partial charge on any atom is 0.0920 e. The van der Waals surface area contributed by atoms with Gasteiger partial charge in [-0.2, -0.15) is 0 Å². The molecule has 2 nitrogen and oxygen atoms in total. The van der Waals surface area contributed by atoms with Gasteiger partial charge in [-0.25, -0.2) is 0 Å². The zero-order valence-electron chi connectivity index (χ0n) is 11.5. The summed E-state index contributed by atoms with van der Waals surface area (Å²) in [6.07, 6.45) is 4.08. The zero-order valence-corrected chi connectivity index (χ0v) is 11.5. The van der Waals surface area contributed by atoms with Crippen molar-refractivity contribution in [2.24, 2.45) is 0 Å². The largest absolute Gasteiger partial charge is 0.512 e. The highest BCUT2D eigenvalue weighted by molar-refractivity contribution is 5.77. The smallest absolute Gasteiger partial charge is 0.0920 e. The summed E-state index contributed by atoms with van der Waals surface area (Å²) in [5.74, 6) is 0.338. The summed E-state index contributed by atoms with van der Waals surface area (Å²) in [6, 6.07) is 7.74. The van der Waals surface area contributed by atoms with Crippen LogP contribution in [0.1, 0.15) is 33.3 Å². The van der Waals surface area contributed by atoms with Gasteiger partial charge in [-0.3, -0.25) is 0 Å². The zero-order chi connectivity index (χ0) is 13.7. The van der Waals surface area contributed by atoms with Gasteiger partial charge in [0.25, 0.3) is 0 Å². The van der Waals surface area contributed by atoms with E-state index >= 15 is 0 Å². The van der Waals surface area contributed by atoms with E-state index in [0.717, 1.165) is 22.4 Å². The molecule has 0 heterocycles. The van der Waals surface area contributed by atoms with Crippen molar-refractivity contribution in [3.05, 3.63) is 58.9 Å². The van der Waals surface area contributed by atoms with Crippen LogP contribution in [0, 0.1) is 0 Å². The van der Waals surface area contributed by atoms with Crippen LogP contribution in [-0.4, -0.2) is 5.11 Å². The van der Waals surface area contributed by atoms with E-state index in [2.05, 4.69) is 19.9 Å². The van der Waals surface area contributed by atoms with Gasteiger partial charge in [0.05, 0.1) is 5.76 Å². The lowest BCUT2D eigenvalue weighted by Gasteiger charge is -2.06. The van der Waals surface area contributed by atoms with E-state index in [9.17, 15) is 5.11 Å². The summed E-state index contributed by atoms with van der Waals surface area (Å²) in [6.45, 7) is 7.69. The van der Waals surface area contributed by atoms with Crippen molar-refractivity contribution >= 4 is 11.3 Å². The molecule has 0 radical (unpaired) electrons. The molecule has 0 bridgehead atoms. The predicted molar refractivity (Wildman–Crippen MR) is 79.3 cm³/mol. The van der Waals surface area contributed by atoms with Gasteiger partial charge in [0, 0.05) is 5.69 Å². The second-order valence-corrected chi connectivity index (χ2v) is 4.71. The molecule has 0 fully saturated rings. The summed E-state index contributed by atoms with van der Waals surface area (Å²) in [4.78, 5) is 0. The first-order valence-corrected chi connectivity index (χ1v) is 5.99. The highest BCUT2D eigenvalue weighted by Crippen LogP contribution is 2.21. The van der Waals surface area contributed by atoms with Crippen molar-refractivity contribution in [2.75, 3.05) is 5.73 Å². The Morgan fingerprint density at radius 1 is 1.00 bits per heavy atom. The van der Waals surface area contributed by atoms with Crippen LogP contribution in [0.5, 0.6) is 0 Å². The molecule has 0 aliphatic carbocycles. The Labute approximate surface area is 109 Å². The van der Waals surface area contributed by atoms with Crippen molar-refractivity contribution in [2.45, 2.75) is 27.7 Å². The fraction of sp³-hybridized carbons (Fsp3) is 0.250. The van der Waals surface area contributed by atoms with Crippen LogP contribution < -0.4 is 5.73 Å². The maximum absolute atomic E-state index is 9.49. The molecule has 2 heteroatoms. The quantitative estimate of drug-likeness (QED) is 0.467. The number of anilines is 1. The van der Waals surface area contributed by atoms with Gasteiger partial charge in [-0.15, -0.1) is 0 Å². The highest BCUT2D eigenvalue weighted by Gasteiger charge is 2.00. The molecule has 0 aromatic heterocycles. The fourth-order valence-corrected chi connectivity index (χ4v) is 1.53. The molecule has 0 aliphatic rings. The van der Waals surface area contributed by atoms with Gasteiger partial charge in [-0.1, -0.05) is 23.8 Å². The Balaban J connectivity index is 3.27. The lowest BCUT2D eigenvalue weighted by molar-refractivity contribution is 0.409. The lowest BCUT2D eigenvalue weighted by atomic mass is 10.0. The molecular formula is C16H21NO. The van der Waals surface area contributed by atoms with E-state index in [1.54, 1.807) is 6.92 Å². The van der Waals surface area contributed by atoms with Crippen molar-refractivity contribution in [3.63, 3.8) is 0 Å². The Kier molecular flexibility index (Phi) is 4.78. The second kappa shape index (κ2) is 6.10. The first-order valence-electron chi connectivity index (χ1n) is 5.99. The molecular weight excluding hydrogens is 222 g/mol. The molecule has 0 spiro atoms. The Hall–Kier alpha value is -1.96. The standard InChI is InChI=1S/C16H21NO/c1-11(2)9-15(10-12(3)13(4)18)14-5-7-16(17)8-6-14/h5-10,18H,17H2,1-4H3/b13-12+,15-10+. The van der Waals surface area contributed by atoms with Crippen molar-refractivity contribution < 1.29 is 5.11 Å². The SMILES string of the molecule is CC(C)=C/C(=C\C(C)=C(/C)O)c1ccc(N)cc1. The molecule has 0 saturated heterocycles. The molecule has 0 unspecified atom stereocenters. The van der Waals surface area contributed by atoms with Crippen LogP contribution in [0.15, 0.2) is 53.3 Å². The summed E-state index contributed by atoms with van der Waals surface area (Å²) in [7, 11) is 0. The molecule has 0 atom stereocenters. The highest BCUT2D eigenvalue weighted by atomic mass is 16.3. The first kappa shape index (κ1) is 14.1. The predicted octanol–water partition coefficient (Wildman–Crippen LogP) is 4.47. The minimum Gasteiger partial charge on any atom is -0.512 e. The molecule has 0 saturated carbocycles. The first-order chi connectivity index (χ1) is 8.40. The minimum atomic E-state index is 0.338.